The SMILES string of the molecule is Cc1cccc(CN2CCCN(C(=O)c3sc(C)nc3C)CC2)n1. The molecule has 0 N–H and O–H groups in total. The summed E-state index contributed by atoms with van der Waals surface area (Å²) in [7, 11) is 0. The lowest BCUT2D eigenvalue weighted by Crippen LogP contribution is -2.35. The molecule has 128 valence electrons. The molecular formula is C18H24N4OS. The maximum Gasteiger partial charge on any atom is 0.265 e. The number of pyridine rings is 1. The Balaban J connectivity index is 1.62. The predicted molar refractivity (Wildman–Crippen MR) is 96.4 cm³/mol. The summed E-state index contributed by atoms with van der Waals surface area (Å²) >= 11 is 1.50. The second-order valence-electron chi connectivity index (χ2n) is 6.34. The zero-order chi connectivity index (χ0) is 17.1. The summed E-state index contributed by atoms with van der Waals surface area (Å²) in [5.74, 6) is 0.133. The zero-order valence-corrected chi connectivity index (χ0v) is 15.4. The van der Waals surface area contributed by atoms with Crippen molar-refractivity contribution >= 4 is 17.2 Å². The molecule has 6 heteroatoms. The third-order valence-corrected chi connectivity index (χ3v) is 5.37. The number of hydrogen-bond acceptors (Lipinski definition) is 5. The minimum absolute atomic E-state index is 0.133. The average molecular weight is 344 g/mol. The van der Waals surface area contributed by atoms with Gasteiger partial charge in [-0.3, -0.25) is 14.7 Å². The summed E-state index contributed by atoms with van der Waals surface area (Å²) < 4.78 is 0. The largest absolute Gasteiger partial charge is 0.337 e. The Labute approximate surface area is 147 Å². The fraction of sp³-hybridized carbons (Fsp3) is 0.500. The molecule has 24 heavy (non-hydrogen) atoms. The fourth-order valence-electron chi connectivity index (χ4n) is 3.12. The molecule has 0 aromatic carbocycles. The summed E-state index contributed by atoms with van der Waals surface area (Å²) in [5, 5.41) is 0.956. The van der Waals surface area contributed by atoms with E-state index in [2.05, 4.69) is 27.0 Å². The van der Waals surface area contributed by atoms with Crippen LogP contribution in [0.15, 0.2) is 18.2 Å². The van der Waals surface area contributed by atoms with Crippen LogP contribution in [0.1, 0.15) is 38.2 Å². The number of amides is 1. The fourth-order valence-corrected chi connectivity index (χ4v) is 4.01. The molecule has 0 aliphatic carbocycles. The van der Waals surface area contributed by atoms with Crippen molar-refractivity contribution in [3.8, 4) is 0 Å². The lowest BCUT2D eigenvalue weighted by molar-refractivity contribution is 0.0765. The van der Waals surface area contributed by atoms with Crippen LogP contribution in [0, 0.1) is 20.8 Å². The molecule has 1 saturated heterocycles. The number of aromatic nitrogens is 2. The van der Waals surface area contributed by atoms with Gasteiger partial charge >= 0.3 is 0 Å². The van der Waals surface area contributed by atoms with Crippen molar-refractivity contribution in [3.05, 3.63) is 45.2 Å². The van der Waals surface area contributed by atoms with E-state index in [4.69, 9.17) is 0 Å². The number of carbonyl (C=O) groups is 1. The van der Waals surface area contributed by atoms with Crippen LogP contribution in [0.3, 0.4) is 0 Å². The minimum Gasteiger partial charge on any atom is -0.337 e. The molecule has 0 atom stereocenters. The van der Waals surface area contributed by atoms with E-state index < -0.39 is 0 Å². The third-order valence-electron chi connectivity index (χ3n) is 4.31. The maximum absolute atomic E-state index is 12.8. The first-order valence-corrected chi connectivity index (χ1v) is 9.23. The number of thiazole rings is 1. The summed E-state index contributed by atoms with van der Waals surface area (Å²) in [6.07, 6.45) is 0.994. The van der Waals surface area contributed by atoms with Gasteiger partial charge in [0.25, 0.3) is 5.91 Å². The van der Waals surface area contributed by atoms with E-state index >= 15 is 0 Å². The number of carbonyl (C=O) groups excluding carboxylic acids is 1. The van der Waals surface area contributed by atoms with Crippen LogP contribution < -0.4 is 0 Å². The standard InChI is InChI=1S/C18H24N4OS/c1-13-6-4-7-16(19-13)12-21-8-5-9-22(11-10-21)18(23)17-14(2)20-15(3)24-17/h4,6-7H,5,8-12H2,1-3H3. The van der Waals surface area contributed by atoms with Crippen molar-refractivity contribution in [1.29, 1.82) is 0 Å². The first-order chi connectivity index (χ1) is 11.5. The van der Waals surface area contributed by atoms with E-state index in [1.165, 1.54) is 11.3 Å². The smallest absolute Gasteiger partial charge is 0.265 e. The Morgan fingerprint density at radius 3 is 2.67 bits per heavy atom. The molecule has 3 heterocycles. The average Bonchev–Trinajstić information content (AvgIpc) is 2.73. The van der Waals surface area contributed by atoms with Gasteiger partial charge in [0.2, 0.25) is 0 Å². The van der Waals surface area contributed by atoms with Gasteiger partial charge in [-0.15, -0.1) is 11.3 Å². The van der Waals surface area contributed by atoms with Crippen molar-refractivity contribution in [2.75, 3.05) is 26.2 Å². The van der Waals surface area contributed by atoms with Crippen molar-refractivity contribution < 1.29 is 4.79 Å². The Kier molecular flexibility index (Phi) is 5.26. The molecule has 0 saturated carbocycles. The van der Waals surface area contributed by atoms with Crippen LogP contribution in [0.5, 0.6) is 0 Å². The summed E-state index contributed by atoms with van der Waals surface area (Å²) in [6, 6.07) is 6.15. The molecule has 3 rings (SSSR count). The summed E-state index contributed by atoms with van der Waals surface area (Å²) in [5.41, 5.74) is 3.01. The first-order valence-electron chi connectivity index (χ1n) is 8.41. The van der Waals surface area contributed by atoms with Crippen LogP contribution in [0.4, 0.5) is 0 Å². The first kappa shape index (κ1) is 17.0. The van der Waals surface area contributed by atoms with Crippen molar-refractivity contribution in [2.45, 2.75) is 33.7 Å². The van der Waals surface area contributed by atoms with Crippen molar-refractivity contribution in [3.63, 3.8) is 0 Å². The molecule has 1 aliphatic rings. The van der Waals surface area contributed by atoms with E-state index in [1.54, 1.807) is 0 Å². The molecule has 2 aromatic heterocycles. The van der Waals surface area contributed by atoms with Gasteiger partial charge in [0, 0.05) is 38.4 Å². The second kappa shape index (κ2) is 7.40. The minimum atomic E-state index is 0.133. The van der Waals surface area contributed by atoms with E-state index in [0.717, 1.165) is 66.1 Å². The zero-order valence-electron chi connectivity index (χ0n) is 14.6. The normalized spacial score (nSPS) is 16.2. The highest BCUT2D eigenvalue weighted by atomic mass is 32.1. The molecule has 1 aliphatic heterocycles. The lowest BCUT2D eigenvalue weighted by atomic mass is 10.3. The molecule has 0 radical (unpaired) electrons. The third kappa shape index (κ3) is 3.99. The molecule has 0 unspecified atom stereocenters. The van der Waals surface area contributed by atoms with Gasteiger partial charge in [-0.05, 0) is 39.3 Å². The Bertz CT molecular complexity index is 728. The monoisotopic (exact) mass is 344 g/mol. The molecule has 2 aromatic rings. The molecule has 1 amide bonds. The molecule has 0 bridgehead atoms. The highest BCUT2D eigenvalue weighted by Crippen LogP contribution is 2.20. The highest BCUT2D eigenvalue weighted by Gasteiger charge is 2.23. The molecule has 1 fully saturated rings. The molecular weight excluding hydrogens is 320 g/mol. The van der Waals surface area contributed by atoms with Gasteiger partial charge in [-0.25, -0.2) is 4.98 Å². The number of rotatable bonds is 3. The van der Waals surface area contributed by atoms with Gasteiger partial charge in [0.15, 0.2) is 0 Å². The summed E-state index contributed by atoms with van der Waals surface area (Å²) in [4.78, 5) is 26.9. The van der Waals surface area contributed by atoms with Crippen LogP contribution in [-0.4, -0.2) is 51.9 Å². The lowest BCUT2D eigenvalue weighted by Gasteiger charge is -2.21. The summed E-state index contributed by atoms with van der Waals surface area (Å²) in [6.45, 7) is 10.2. The van der Waals surface area contributed by atoms with E-state index in [-0.39, 0.29) is 5.91 Å². The molecule has 0 spiro atoms. The van der Waals surface area contributed by atoms with Crippen LogP contribution in [0.2, 0.25) is 0 Å². The second-order valence-corrected chi connectivity index (χ2v) is 7.54. The van der Waals surface area contributed by atoms with E-state index in [0.29, 0.717) is 0 Å². The quantitative estimate of drug-likeness (QED) is 0.859. The van der Waals surface area contributed by atoms with Crippen LogP contribution in [0.25, 0.3) is 0 Å². The molecule has 5 nitrogen and oxygen atoms in total. The van der Waals surface area contributed by atoms with Gasteiger partial charge in [-0.1, -0.05) is 6.07 Å². The van der Waals surface area contributed by atoms with Gasteiger partial charge < -0.3 is 4.90 Å². The topological polar surface area (TPSA) is 49.3 Å². The van der Waals surface area contributed by atoms with Crippen molar-refractivity contribution in [2.24, 2.45) is 0 Å². The number of aryl methyl sites for hydroxylation is 3. The number of nitrogens with zero attached hydrogens (tertiary/aromatic N) is 4. The number of hydrogen-bond donors (Lipinski definition) is 0. The Morgan fingerprint density at radius 2 is 1.96 bits per heavy atom. The Hall–Kier alpha value is -1.79. The van der Waals surface area contributed by atoms with Gasteiger partial charge in [0.05, 0.1) is 16.4 Å². The van der Waals surface area contributed by atoms with Gasteiger partial charge in [0.1, 0.15) is 4.88 Å². The van der Waals surface area contributed by atoms with E-state index in [9.17, 15) is 4.79 Å². The maximum atomic E-state index is 12.8. The Morgan fingerprint density at radius 1 is 1.12 bits per heavy atom. The van der Waals surface area contributed by atoms with Gasteiger partial charge in [-0.2, -0.15) is 0 Å². The van der Waals surface area contributed by atoms with Crippen LogP contribution >= 0.6 is 11.3 Å². The van der Waals surface area contributed by atoms with E-state index in [1.807, 2.05) is 31.7 Å². The predicted octanol–water partition coefficient (Wildman–Crippen LogP) is 2.81. The van der Waals surface area contributed by atoms with Crippen molar-refractivity contribution in [1.82, 2.24) is 19.8 Å². The highest BCUT2D eigenvalue weighted by molar-refractivity contribution is 7.13. The van der Waals surface area contributed by atoms with Crippen LogP contribution in [-0.2, 0) is 6.54 Å².